The van der Waals surface area contributed by atoms with E-state index in [0.717, 1.165) is 57.7 Å². The summed E-state index contributed by atoms with van der Waals surface area (Å²) >= 11 is 0. The summed E-state index contributed by atoms with van der Waals surface area (Å²) in [7, 11) is -3.58. The Morgan fingerprint density at radius 1 is 1.12 bits per heavy atom. The summed E-state index contributed by atoms with van der Waals surface area (Å²) < 4.78 is 33.6. The summed E-state index contributed by atoms with van der Waals surface area (Å²) in [5.41, 5.74) is 7.77. The number of amidine groups is 1. The first-order valence-corrected chi connectivity index (χ1v) is 13.3. The number of hydrogen-bond acceptors (Lipinski definition) is 7. The molecule has 2 fully saturated rings. The Hall–Kier alpha value is -3.14. The molecule has 9 nitrogen and oxygen atoms in total. The normalized spacial score (nSPS) is 21.6. The minimum absolute atomic E-state index is 0.0186. The second-order valence-corrected chi connectivity index (χ2v) is 10.8. The fourth-order valence-electron chi connectivity index (χ4n) is 4.95. The number of sulfonamides is 1. The van der Waals surface area contributed by atoms with Gasteiger partial charge in [-0.05, 0) is 49.4 Å². The van der Waals surface area contributed by atoms with Crippen molar-refractivity contribution in [2.45, 2.75) is 31.4 Å². The SMILES string of the molecule is NC1=NS(=O)(=O)Cc2cccc(OC[C@H]3CCCN(c4ccc(C(=O)N5CCCC5)cn4)C3)c21. The van der Waals surface area contributed by atoms with Gasteiger partial charge in [0.2, 0.25) is 0 Å². The summed E-state index contributed by atoms with van der Waals surface area (Å²) in [4.78, 5) is 21.3. The standard InChI is InChI=1S/C24H29N5O4S/c25-23-22-19(16-34(31,32)27-23)6-3-7-20(22)33-15-17-5-4-12-29(14-17)21-9-8-18(13-26-21)24(30)28-10-1-2-11-28/h3,6-9,13,17H,1-2,4-5,10-12,14-16H2,(H2,25,27)/t17-/m0/s1. The van der Waals surface area contributed by atoms with Gasteiger partial charge >= 0.3 is 0 Å². The number of carbonyl (C=O) groups excluding carboxylic acids is 1. The number of benzene rings is 1. The third-order valence-corrected chi connectivity index (χ3v) is 7.80. The van der Waals surface area contributed by atoms with Gasteiger partial charge in [0, 0.05) is 38.3 Å². The van der Waals surface area contributed by atoms with Crippen LogP contribution in [0.5, 0.6) is 5.75 Å². The molecule has 2 N–H and O–H groups in total. The minimum Gasteiger partial charge on any atom is -0.492 e. The maximum atomic E-state index is 12.6. The molecule has 0 radical (unpaired) electrons. The van der Waals surface area contributed by atoms with Gasteiger partial charge in [0.05, 0.1) is 23.5 Å². The molecule has 0 spiro atoms. The van der Waals surface area contributed by atoms with Crippen molar-refractivity contribution in [1.29, 1.82) is 0 Å². The van der Waals surface area contributed by atoms with Gasteiger partial charge in [0.25, 0.3) is 15.9 Å². The van der Waals surface area contributed by atoms with E-state index in [2.05, 4.69) is 14.3 Å². The number of ether oxygens (including phenoxy) is 1. The minimum atomic E-state index is -3.58. The van der Waals surface area contributed by atoms with Crippen molar-refractivity contribution >= 4 is 27.6 Å². The lowest BCUT2D eigenvalue weighted by molar-refractivity contribution is 0.0792. The number of nitrogens with two attached hydrogens (primary N) is 1. The van der Waals surface area contributed by atoms with E-state index in [4.69, 9.17) is 10.5 Å². The monoisotopic (exact) mass is 483 g/mol. The smallest absolute Gasteiger partial charge is 0.259 e. The molecule has 2 saturated heterocycles. The van der Waals surface area contributed by atoms with Crippen LogP contribution in [0.4, 0.5) is 5.82 Å². The fourth-order valence-corrected chi connectivity index (χ4v) is 6.04. The van der Waals surface area contributed by atoms with Crippen LogP contribution in [0.3, 0.4) is 0 Å². The zero-order chi connectivity index (χ0) is 23.7. The van der Waals surface area contributed by atoms with Crippen LogP contribution in [0.15, 0.2) is 40.9 Å². The summed E-state index contributed by atoms with van der Waals surface area (Å²) in [6.07, 6.45) is 5.86. The molecule has 10 heteroatoms. The van der Waals surface area contributed by atoms with Gasteiger partial charge in [-0.3, -0.25) is 4.79 Å². The molecule has 1 aromatic heterocycles. The molecular weight excluding hydrogens is 454 g/mol. The van der Waals surface area contributed by atoms with Crippen LogP contribution in [0.25, 0.3) is 0 Å². The predicted molar refractivity (Wildman–Crippen MR) is 130 cm³/mol. The maximum Gasteiger partial charge on any atom is 0.259 e. The first-order valence-electron chi connectivity index (χ1n) is 11.7. The highest BCUT2D eigenvalue weighted by atomic mass is 32.2. The zero-order valence-corrected chi connectivity index (χ0v) is 19.8. The Morgan fingerprint density at radius 2 is 1.94 bits per heavy atom. The zero-order valence-electron chi connectivity index (χ0n) is 19.0. The average molecular weight is 484 g/mol. The van der Waals surface area contributed by atoms with E-state index in [0.29, 0.717) is 29.0 Å². The summed E-state index contributed by atoms with van der Waals surface area (Å²) in [5, 5.41) is 0. The van der Waals surface area contributed by atoms with E-state index >= 15 is 0 Å². The lowest BCUT2D eigenvalue weighted by atomic mass is 9.98. The van der Waals surface area contributed by atoms with Crippen LogP contribution >= 0.6 is 0 Å². The number of anilines is 1. The third-order valence-electron chi connectivity index (χ3n) is 6.65. The largest absolute Gasteiger partial charge is 0.492 e. The van der Waals surface area contributed by atoms with Crippen LogP contribution < -0.4 is 15.4 Å². The van der Waals surface area contributed by atoms with Crippen LogP contribution in [0.2, 0.25) is 0 Å². The molecule has 1 aromatic carbocycles. The Kier molecular flexibility index (Phi) is 6.16. The lowest BCUT2D eigenvalue weighted by Gasteiger charge is -2.33. The van der Waals surface area contributed by atoms with Gasteiger partial charge in [0.15, 0.2) is 0 Å². The highest BCUT2D eigenvalue weighted by Crippen LogP contribution is 2.29. The molecule has 3 aliphatic heterocycles. The van der Waals surface area contributed by atoms with Gasteiger partial charge in [-0.2, -0.15) is 0 Å². The Bertz CT molecular complexity index is 1210. The Balaban J connectivity index is 1.23. The molecule has 1 amide bonds. The molecule has 3 aliphatic rings. The number of fused-ring (bicyclic) bond motifs is 1. The average Bonchev–Trinajstić information content (AvgIpc) is 3.36. The Labute approximate surface area is 199 Å². The maximum absolute atomic E-state index is 12.6. The Morgan fingerprint density at radius 3 is 2.71 bits per heavy atom. The van der Waals surface area contributed by atoms with Crippen molar-refractivity contribution in [1.82, 2.24) is 9.88 Å². The summed E-state index contributed by atoms with van der Waals surface area (Å²) in [5.74, 6) is 1.58. The van der Waals surface area contributed by atoms with E-state index in [1.807, 2.05) is 17.0 Å². The number of aromatic nitrogens is 1. The third kappa shape index (κ3) is 4.72. The first-order chi connectivity index (χ1) is 16.4. The van der Waals surface area contributed by atoms with Crippen LogP contribution in [0.1, 0.15) is 47.2 Å². The molecule has 0 unspecified atom stereocenters. The van der Waals surface area contributed by atoms with Crippen LogP contribution in [0, 0.1) is 5.92 Å². The number of amides is 1. The molecule has 34 heavy (non-hydrogen) atoms. The lowest BCUT2D eigenvalue weighted by Crippen LogP contribution is -2.38. The van der Waals surface area contributed by atoms with Gasteiger partial charge in [-0.1, -0.05) is 12.1 Å². The number of rotatable bonds is 5. The number of carbonyl (C=O) groups is 1. The molecular formula is C24H29N5O4S. The molecule has 5 rings (SSSR count). The number of nitrogens with zero attached hydrogens (tertiary/aromatic N) is 4. The molecule has 180 valence electrons. The van der Waals surface area contributed by atoms with E-state index in [-0.39, 0.29) is 23.4 Å². The van der Waals surface area contributed by atoms with Gasteiger partial charge in [0.1, 0.15) is 17.4 Å². The second kappa shape index (κ2) is 9.25. The van der Waals surface area contributed by atoms with Crippen molar-refractivity contribution in [3.63, 3.8) is 0 Å². The molecule has 1 atom stereocenters. The number of piperidine rings is 1. The van der Waals surface area contributed by atoms with Crippen LogP contribution in [-0.4, -0.2) is 62.8 Å². The van der Waals surface area contributed by atoms with E-state index in [1.165, 1.54) is 0 Å². The van der Waals surface area contributed by atoms with Crippen molar-refractivity contribution in [2.24, 2.45) is 16.0 Å². The first kappa shape index (κ1) is 22.6. The molecule has 0 aliphatic carbocycles. The molecule has 0 saturated carbocycles. The molecule has 4 heterocycles. The number of pyridine rings is 1. The van der Waals surface area contributed by atoms with E-state index < -0.39 is 10.0 Å². The summed E-state index contributed by atoms with van der Waals surface area (Å²) in [6, 6.07) is 9.13. The topological polar surface area (TPSA) is 118 Å². The molecule has 0 bridgehead atoms. The number of likely N-dealkylation sites (tertiary alicyclic amines) is 1. The van der Waals surface area contributed by atoms with Gasteiger partial charge < -0.3 is 20.3 Å². The summed E-state index contributed by atoms with van der Waals surface area (Å²) in [6.45, 7) is 3.83. The van der Waals surface area contributed by atoms with Gasteiger partial charge in [-0.15, -0.1) is 4.40 Å². The van der Waals surface area contributed by atoms with Crippen molar-refractivity contribution in [2.75, 3.05) is 37.7 Å². The van der Waals surface area contributed by atoms with Crippen molar-refractivity contribution in [3.05, 3.63) is 53.2 Å². The number of hydrogen-bond donors (Lipinski definition) is 1. The van der Waals surface area contributed by atoms with Crippen molar-refractivity contribution in [3.8, 4) is 5.75 Å². The van der Waals surface area contributed by atoms with E-state index in [9.17, 15) is 13.2 Å². The van der Waals surface area contributed by atoms with Crippen molar-refractivity contribution < 1.29 is 17.9 Å². The van der Waals surface area contributed by atoms with Gasteiger partial charge in [-0.25, -0.2) is 13.4 Å². The predicted octanol–water partition coefficient (Wildman–Crippen LogP) is 2.16. The fraction of sp³-hybridized carbons (Fsp3) is 0.458. The quantitative estimate of drug-likeness (QED) is 0.692. The highest BCUT2D eigenvalue weighted by Gasteiger charge is 2.27. The van der Waals surface area contributed by atoms with E-state index in [1.54, 1.807) is 24.4 Å². The highest BCUT2D eigenvalue weighted by molar-refractivity contribution is 7.89. The second-order valence-electron chi connectivity index (χ2n) is 9.16. The van der Waals surface area contributed by atoms with Crippen LogP contribution in [-0.2, 0) is 15.8 Å². The molecule has 2 aromatic rings.